The average molecular weight is 402 g/mol. The van der Waals surface area contributed by atoms with Crippen molar-refractivity contribution in [1.29, 1.82) is 0 Å². The second kappa shape index (κ2) is 11.1. The fraction of sp³-hybridized carbons (Fsp3) is 0.286. The van der Waals surface area contributed by atoms with Gasteiger partial charge in [-0.15, -0.1) is 0 Å². The molecule has 27 heavy (non-hydrogen) atoms. The van der Waals surface area contributed by atoms with Crippen LogP contribution in [0.1, 0.15) is 16.7 Å². The quantitative estimate of drug-likeness (QED) is 0.294. The van der Waals surface area contributed by atoms with Gasteiger partial charge in [0.05, 0.1) is 5.75 Å². The SMILES string of the molecule is CN(C)c1ccc(/C=C/c2ccc(NC(=O)CS)c(CNCCS)c2)cc1. The molecule has 0 aliphatic heterocycles. The Bertz CT molecular complexity index is 773. The highest BCUT2D eigenvalue weighted by molar-refractivity contribution is 7.81. The van der Waals surface area contributed by atoms with Gasteiger partial charge in [-0.2, -0.15) is 25.3 Å². The minimum absolute atomic E-state index is 0.113. The van der Waals surface area contributed by atoms with E-state index in [2.05, 4.69) is 83.3 Å². The molecular formula is C21H27N3OS2. The fourth-order valence-corrected chi connectivity index (χ4v) is 2.79. The van der Waals surface area contributed by atoms with E-state index in [1.807, 2.05) is 26.2 Å². The van der Waals surface area contributed by atoms with Gasteiger partial charge in [-0.05, 0) is 41.0 Å². The summed E-state index contributed by atoms with van der Waals surface area (Å²) in [7, 11) is 4.06. The number of rotatable bonds is 9. The van der Waals surface area contributed by atoms with Crippen molar-refractivity contribution >= 4 is 54.7 Å². The van der Waals surface area contributed by atoms with Crippen LogP contribution in [-0.2, 0) is 11.3 Å². The first-order chi connectivity index (χ1) is 13.0. The maximum absolute atomic E-state index is 11.7. The predicted octanol–water partition coefficient (Wildman–Crippen LogP) is 3.81. The Balaban J connectivity index is 2.17. The lowest BCUT2D eigenvalue weighted by atomic mass is 10.1. The number of thiol groups is 2. The van der Waals surface area contributed by atoms with Crippen LogP contribution in [0.2, 0.25) is 0 Å². The van der Waals surface area contributed by atoms with Gasteiger partial charge in [-0.25, -0.2) is 0 Å². The van der Waals surface area contributed by atoms with E-state index in [0.29, 0.717) is 6.54 Å². The van der Waals surface area contributed by atoms with Crippen molar-refractivity contribution in [2.24, 2.45) is 0 Å². The highest BCUT2D eigenvalue weighted by Crippen LogP contribution is 2.20. The van der Waals surface area contributed by atoms with Crippen LogP contribution >= 0.6 is 25.3 Å². The second-order valence-corrected chi connectivity index (χ2v) is 7.11. The number of hydrogen-bond acceptors (Lipinski definition) is 5. The lowest BCUT2D eigenvalue weighted by molar-refractivity contribution is -0.113. The van der Waals surface area contributed by atoms with Crippen LogP contribution < -0.4 is 15.5 Å². The van der Waals surface area contributed by atoms with Gasteiger partial charge in [0.2, 0.25) is 5.91 Å². The molecule has 6 heteroatoms. The Morgan fingerprint density at radius 2 is 1.70 bits per heavy atom. The molecule has 0 unspecified atom stereocenters. The van der Waals surface area contributed by atoms with Crippen molar-refractivity contribution in [2.75, 3.05) is 42.4 Å². The largest absolute Gasteiger partial charge is 0.378 e. The molecule has 1 amide bonds. The monoisotopic (exact) mass is 401 g/mol. The highest BCUT2D eigenvalue weighted by atomic mass is 32.1. The van der Waals surface area contributed by atoms with E-state index >= 15 is 0 Å². The van der Waals surface area contributed by atoms with Crippen molar-refractivity contribution < 1.29 is 4.79 Å². The number of nitrogens with zero attached hydrogens (tertiary/aromatic N) is 1. The van der Waals surface area contributed by atoms with E-state index in [4.69, 9.17) is 0 Å². The van der Waals surface area contributed by atoms with Gasteiger partial charge >= 0.3 is 0 Å². The lowest BCUT2D eigenvalue weighted by Gasteiger charge is -2.13. The maximum Gasteiger partial charge on any atom is 0.234 e. The molecular weight excluding hydrogens is 374 g/mol. The minimum atomic E-state index is -0.113. The number of benzene rings is 2. The Kier molecular flexibility index (Phi) is 8.78. The molecule has 2 aromatic carbocycles. The number of carbonyl (C=O) groups excluding carboxylic acids is 1. The summed E-state index contributed by atoms with van der Waals surface area (Å²) in [6.45, 7) is 1.48. The normalized spacial score (nSPS) is 11.0. The van der Waals surface area contributed by atoms with Gasteiger partial charge in [-0.3, -0.25) is 4.79 Å². The molecule has 0 aromatic heterocycles. The van der Waals surface area contributed by atoms with E-state index in [0.717, 1.165) is 34.7 Å². The Labute approximate surface area is 172 Å². The first-order valence-corrected chi connectivity index (χ1v) is 10.1. The Hall–Kier alpha value is -1.89. The molecule has 4 nitrogen and oxygen atoms in total. The predicted molar refractivity (Wildman–Crippen MR) is 124 cm³/mol. The number of carbonyl (C=O) groups is 1. The zero-order valence-corrected chi connectivity index (χ0v) is 17.6. The smallest absolute Gasteiger partial charge is 0.234 e. The Morgan fingerprint density at radius 3 is 2.33 bits per heavy atom. The zero-order chi connectivity index (χ0) is 19.6. The molecule has 2 rings (SSSR count). The lowest BCUT2D eigenvalue weighted by Crippen LogP contribution is -2.19. The van der Waals surface area contributed by atoms with Crippen molar-refractivity contribution in [2.45, 2.75) is 6.54 Å². The van der Waals surface area contributed by atoms with Crippen LogP contribution in [0.4, 0.5) is 11.4 Å². The summed E-state index contributed by atoms with van der Waals surface area (Å²) in [6.07, 6.45) is 4.17. The van der Waals surface area contributed by atoms with Gasteiger partial charge in [0.25, 0.3) is 0 Å². The average Bonchev–Trinajstić information content (AvgIpc) is 2.68. The van der Waals surface area contributed by atoms with Gasteiger partial charge in [0.15, 0.2) is 0 Å². The minimum Gasteiger partial charge on any atom is -0.378 e. The number of nitrogens with one attached hydrogen (secondary N) is 2. The highest BCUT2D eigenvalue weighted by Gasteiger charge is 2.06. The summed E-state index contributed by atoms with van der Waals surface area (Å²) in [5.41, 5.74) is 5.25. The van der Waals surface area contributed by atoms with E-state index in [9.17, 15) is 4.79 Å². The number of hydrogen-bond donors (Lipinski definition) is 4. The third-order valence-electron chi connectivity index (χ3n) is 4.03. The molecule has 0 fully saturated rings. The molecule has 2 aromatic rings. The van der Waals surface area contributed by atoms with Crippen molar-refractivity contribution in [3.05, 3.63) is 59.2 Å². The molecule has 0 aliphatic carbocycles. The third-order valence-corrected chi connectivity index (χ3v) is 4.54. The van der Waals surface area contributed by atoms with Crippen LogP contribution in [0.15, 0.2) is 42.5 Å². The summed E-state index contributed by atoms with van der Waals surface area (Å²) in [5.74, 6) is 0.813. The van der Waals surface area contributed by atoms with Crippen molar-refractivity contribution in [3.8, 4) is 0 Å². The molecule has 0 saturated heterocycles. The summed E-state index contributed by atoms with van der Waals surface area (Å²) < 4.78 is 0. The third kappa shape index (κ3) is 6.97. The molecule has 0 heterocycles. The van der Waals surface area contributed by atoms with Gasteiger partial charge in [-0.1, -0.05) is 30.4 Å². The zero-order valence-electron chi connectivity index (χ0n) is 15.8. The maximum atomic E-state index is 11.7. The summed E-state index contributed by atoms with van der Waals surface area (Å²) in [4.78, 5) is 13.8. The summed E-state index contributed by atoms with van der Waals surface area (Å²) in [5, 5.41) is 6.23. The van der Waals surface area contributed by atoms with Gasteiger partial charge < -0.3 is 15.5 Å². The standard InChI is InChI=1S/C21H27N3OS2/c1-24(2)19-8-5-16(6-9-19)3-4-17-7-10-20(23-21(25)15-27)18(13-17)14-22-11-12-26/h3-10,13,22,26-27H,11-12,14-15H2,1-2H3,(H,23,25)/b4-3+. The van der Waals surface area contributed by atoms with Crippen LogP contribution in [0.3, 0.4) is 0 Å². The van der Waals surface area contributed by atoms with Crippen LogP contribution in [0.5, 0.6) is 0 Å². The molecule has 0 saturated carbocycles. The van der Waals surface area contributed by atoms with Gasteiger partial charge in [0.1, 0.15) is 0 Å². The molecule has 2 N–H and O–H groups in total. The topological polar surface area (TPSA) is 44.4 Å². The first kappa shape index (κ1) is 21.4. The van der Waals surface area contributed by atoms with Crippen LogP contribution in [0.25, 0.3) is 12.2 Å². The van der Waals surface area contributed by atoms with E-state index in [1.165, 1.54) is 5.69 Å². The molecule has 0 spiro atoms. The molecule has 0 atom stereocenters. The van der Waals surface area contributed by atoms with Crippen LogP contribution in [-0.4, -0.2) is 38.1 Å². The molecule has 144 valence electrons. The van der Waals surface area contributed by atoms with Gasteiger partial charge in [0, 0.05) is 44.3 Å². The molecule has 0 aliphatic rings. The van der Waals surface area contributed by atoms with E-state index in [-0.39, 0.29) is 11.7 Å². The summed E-state index contributed by atoms with van der Waals surface area (Å²) >= 11 is 8.25. The Morgan fingerprint density at radius 1 is 1.04 bits per heavy atom. The van der Waals surface area contributed by atoms with Crippen molar-refractivity contribution in [1.82, 2.24) is 5.32 Å². The van der Waals surface area contributed by atoms with Crippen molar-refractivity contribution in [3.63, 3.8) is 0 Å². The summed E-state index contributed by atoms with van der Waals surface area (Å²) in [6, 6.07) is 14.4. The molecule has 0 radical (unpaired) electrons. The molecule has 0 bridgehead atoms. The van der Waals surface area contributed by atoms with E-state index < -0.39 is 0 Å². The number of amides is 1. The first-order valence-electron chi connectivity index (χ1n) is 8.84. The second-order valence-electron chi connectivity index (χ2n) is 6.34. The van der Waals surface area contributed by atoms with E-state index in [1.54, 1.807) is 0 Å². The number of anilines is 2. The fourth-order valence-electron chi connectivity index (χ4n) is 2.55. The van der Waals surface area contributed by atoms with Crippen LogP contribution in [0, 0.1) is 0 Å².